The molecule has 0 radical (unpaired) electrons. The average Bonchev–Trinajstić information content (AvgIpc) is 2.28. The first-order chi connectivity index (χ1) is 8.83. The highest BCUT2D eigenvalue weighted by Crippen LogP contribution is 2.22. The maximum Gasteiger partial charge on any atom is 0.0628 e. The first-order valence-corrected chi connectivity index (χ1v) is 7.33. The number of rotatable bonds is 6. The van der Waals surface area contributed by atoms with Crippen LogP contribution in [0.4, 0.5) is 0 Å². The third-order valence-corrected chi connectivity index (χ3v) is 3.41. The lowest BCUT2D eigenvalue weighted by atomic mass is 10.1. The van der Waals surface area contributed by atoms with Crippen LogP contribution in [-0.4, -0.2) is 42.4 Å². The van der Waals surface area contributed by atoms with Gasteiger partial charge in [-0.15, -0.1) is 0 Å². The summed E-state index contributed by atoms with van der Waals surface area (Å²) in [4.78, 5) is 2.12. The van der Waals surface area contributed by atoms with Gasteiger partial charge in [0.15, 0.2) is 0 Å². The molecule has 1 rings (SSSR count). The Balaban J connectivity index is 2.59. The van der Waals surface area contributed by atoms with Gasteiger partial charge >= 0.3 is 0 Å². The molecule has 0 saturated carbocycles. The van der Waals surface area contributed by atoms with Gasteiger partial charge in [0.1, 0.15) is 0 Å². The van der Waals surface area contributed by atoms with Crippen LogP contribution in [0.15, 0.2) is 28.7 Å². The molecule has 0 bridgehead atoms. The molecule has 0 fully saturated rings. The summed E-state index contributed by atoms with van der Waals surface area (Å²) in [7, 11) is 2.01. The van der Waals surface area contributed by atoms with Crippen molar-refractivity contribution in [3.8, 4) is 0 Å². The number of hydrogen-bond donors (Lipinski definition) is 1. The molecular formula is C15H24BrNO2. The number of aliphatic hydroxyl groups excluding tert-OH is 1. The number of hydrogen-bond acceptors (Lipinski definition) is 3. The highest BCUT2D eigenvalue weighted by Gasteiger charge is 2.17. The van der Waals surface area contributed by atoms with Crippen LogP contribution >= 0.6 is 15.9 Å². The van der Waals surface area contributed by atoms with Crippen molar-refractivity contribution in [2.24, 2.45) is 0 Å². The predicted octanol–water partition coefficient (Wildman–Crippen LogP) is 3.23. The normalized spacial score (nSPS) is 13.8. The second kappa shape index (κ2) is 7.39. The summed E-state index contributed by atoms with van der Waals surface area (Å²) in [5.41, 5.74) is 0.987. The van der Waals surface area contributed by atoms with Crippen molar-refractivity contribution in [3.63, 3.8) is 0 Å². The molecule has 1 aromatic rings. The van der Waals surface area contributed by atoms with E-state index in [1.807, 2.05) is 52.1 Å². The van der Waals surface area contributed by atoms with Crippen LogP contribution in [0.3, 0.4) is 0 Å². The molecule has 0 aliphatic heterocycles. The van der Waals surface area contributed by atoms with Crippen LogP contribution in [-0.2, 0) is 4.74 Å². The summed E-state index contributed by atoms with van der Waals surface area (Å²) in [6.07, 6.45) is 0. The fraction of sp³-hybridized carbons (Fsp3) is 0.600. The van der Waals surface area contributed by atoms with Gasteiger partial charge in [0.25, 0.3) is 0 Å². The first kappa shape index (κ1) is 16.6. The number of benzene rings is 1. The first-order valence-electron chi connectivity index (χ1n) is 6.54. The second-order valence-corrected chi connectivity index (χ2v) is 6.61. The molecule has 108 valence electrons. The third-order valence-electron chi connectivity index (χ3n) is 2.92. The topological polar surface area (TPSA) is 32.7 Å². The minimum absolute atomic E-state index is 0.000989. The van der Waals surface area contributed by atoms with Gasteiger partial charge in [-0.05, 0) is 45.5 Å². The molecule has 1 N–H and O–H groups in total. The molecule has 0 heterocycles. The van der Waals surface area contributed by atoms with E-state index >= 15 is 0 Å². The molecule has 0 saturated heterocycles. The highest BCUT2D eigenvalue weighted by molar-refractivity contribution is 9.10. The predicted molar refractivity (Wildman–Crippen MR) is 82.3 cm³/mol. The van der Waals surface area contributed by atoms with Crippen LogP contribution in [0, 0.1) is 0 Å². The molecule has 0 aromatic heterocycles. The zero-order valence-electron chi connectivity index (χ0n) is 12.2. The number of halogens is 1. The number of likely N-dealkylation sites (N-methyl/N-ethyl adjacent to an activating group) is 1. The molecule has 0 aliphatic carbocycles. The van der Waals surface area contributed by atoms with Gasteiger partial charge < -0.3 is 9.84 Å². The lowest BCUT2D eigenvalue weighted by molar-refractivity contribution is -0.0171. The smallest absolute Gasteiger partial charge is 0.0628 e. The zero-order valence-corrected chi connectivity index (χ0v) is 13.8. The largest absolute Gasteiger partial charge is 0.394 e. The van der Waals surface area contributed by atoms with Gasteiger partial charge in [0.05, 0.1) is 24.9 Å². The van der Waals surface area contributed by atoms with Crippen LogP contribution in [0.25, 0.3) is 0 Å². The van der Waals surface area contributed by atoms with Crippen LogP contribution in [0.5, 0.6) is 0 Å². The molecule has 1 unspecified atom stereocenters. The maximum absolute atomic E-state index is 9.60. The molecule has 3 nitrogen and oxygen atoms in total. The molecular weight excluding hydrogens is 306 g/mol. The lowest BCUT2D eigenvalue weighted by Crippen LogP contribution is -2.32. The second-order valence-electron chi connectivity index (χ2n) is 5.69. The van der Waals surface area contributed by atoms with Gasteiger partial charge in [0.2, 0.25) is 0 Å². The Bertz CT molecular complexity index is 390. The van der Waals surface area contributed by atoms with E-state index in [4.69, 9.17) is 4.74 Å². The van der Waals surface area contributed by atoms with Gasteiger partial charge in [0, 0.05) is 11.0 Å². The molecule has 0 amide bonds. The minimum Gasteiger partial charge on any atom is -0.394 e. The fourth-order valence-electron chi connectivity index (χ4n) is 1.86. The van der Waals surface area contributed by atoms with E-state index in [-0.39, 0.29) is 18.2 Å². The monoisotopic (exact) mass is 329 g/mol. The number of nitrogens with zero attached hydrogens (tertiary/aromatic N) is 1. The Hall–Kier alpha value is -0.420. The standard InChI is InChI=1S/C15H24BrNO2/c1-15(2,3)19-9-8-17(4)14(11-18)12-6-5-7-13(16)10-12/h5-7,10,14,18H,8-9,11H2,1-4H3. The van der Waals surface area contributed by atoms with Crippen molar-refractivity contribution in [2.75, 3.05) is 26.8 Å². The average molecular weight is 330 g/mol. The van der Waals surface area contributed by atoms with E-state index in [1.165, 1.54) is 0 Å². The Morgan fingerprint density at radius 1 is 1.37 bits per heavy atom. The zero-order chi connectivity index (χ0) is 14.5. The lowest BCUT2D eigenvalue weighted by Gasteiger charge is -2.28. The van der Waals surface area contributed by atoms with E-state index in [0.29, 0.717) is 6.61 Å². The summed E-state index contributed by atoms with van der Waals surface area (Å²) >= 11 is 3.46. The minimum atomic E-state index is -0.120. The van der Waals surface area contributed by atoms with E-state index in [2.05, 4.69) is 20.8 Å². The van der Waals surface area contributed by atoms with Crippen LogP contribution in [0.1, 0.15) is 32.4 Å². The van der Waals surface area contributed by atoms with Crippen LogP contribution < -0.4 is 0 Å². The van der Waals surface area contributed by atoms with Gasteiger partial charge in [-0.2, -0.15) is 0 Å². The van der Waals surface area contributed by atoms with E-state index < -0.39 is 0 Å². The van der Waals surface area contributed by atoms with E-state index in [0.717, 1.165) is 16.6 Å². The highest BCUT2D eigenvalue weighted by atomic mass is 79.9. The van der Waals surface area contributed by atoms with Crippen molar-refractivity contribution in [2.45, 2.75) is 32.4 Å². The fourth-order valence-corrected chi connectivity index (χ4v) is 2.28. The van der Waals surface area contributed by atoms with Gasteiger partial charge in [-0.25, -0.2) is 0 Å². The Labute approximate surface area is 124 Å². The molecule has 0 aliphatic rings. The van der Waals surface area contributed by atoms with Crippen molar-refractivity contribution < 1.29 is 9.84 Å². The summed E-state index contributed by atoms with van der Waals surface area (Å²) in [5.74, 6) is 0. The van der Waals surface area contributed by atoms with Crippen molar-refractivity contribution >= 4 is 15.9 Å². The third kappa shape index (κ3) is 6.04. The Morgan fingerprint density at radius 3 is 2.58 bits per heavy atom. The Kier molecular flexibility index (Phi) is 6.47. The molecule has 4 heteroatoms. The van der Waals surface area contributed by atoms with E-state index in [9.17, 15) is 5.11 Å². The van der Waals surface area contributed by atoms with Gasteiger partial charge in [-0.3, -0.25) is 4.90 Å². The van der Waals surface area contributed by atoms with Gasteiger partial charge in [-0.1, -0.05) is 28.1 Å². The summed E-state index contributed by atoms with van der Waals surface area (Å²) in [6, 6.07) is 8.05. The molecule has 1 aromatic carbocycles. The summed E-state index contributed by atoms with van der Waals surface area (Å²) in [5, 5.41) is 9.60. The molecule has 19 heavy (non-hydrogen) atoms. The van der Waals surface area contributed by atoms with Crippen molar-refractivity contribution in [3.05, 3.63) is 34.3 Å². The van der Waals surface area contributed by atoms with Crippen LogP contribution in [0.2, 0.25) is 0 Å². The summed E-state index contributed by atoms with van der Waals surface area (Å²) in [6.45, 7) is 7.68. The van der Waals surface area contributed by atoms with Crippen molar-refractivity contribution in [1.82, 2.24) is 4.90 Å². The number of ether oxygens (including phenoxy) is 1. The van der Waals surface area contributed by atoms with Crippen molar-refractivity contribution in [1.29, 1.82) is 0 Å². The van der Waals surface area contributed by atoms with E-state index in [1.54, 1.807) is 0 Å². The summed E-state index contributed by atoms with van der Waals surface area (Å²) < 4.78 is 6.75. The molecule has 0 spiro atoms. The SMILES string of the molecule is CN(CCOC(C)(C)C)C(CO)c1cccc(Br)c1. The quantitative estimate of drug-likeness (QED) is 0.869. The Morgan fingerprint density at radius 2 is 2.05 bits per heavy atom. The molecule has 1 atom stereocenters. The number of aliphatic hydroxyl groups is 1. The maximum atomic E-state index is 9.60.